The van der Waals surface area contributed by atoms with Crippen LogP contribution in [0.4, 0.5) is 13.2 Å². The number of fused-ring (bicyclic) bond motifs is 1. The molecule has 2 heterocycles. The van der Waals surface area contributed by atoms with Crippen LogP contribution in [-0.2, 0) is 13.2 Å². The molecule has 24 heavy (non-hydrogen) atoms. The molecule has 0 amide bonds. The van der Waals surface area contributed by atoms with Crippen molar-refractivity contribution in [3.63, 3.8) is 0 Å². The zero-order valence-electron chi connectivity index (χ0n) is 12.3. The summed E-state index contributed by atoms with van der Waals surface area (Å²) in [5.74, 6) is 4.24. The quantitative estimate of drug-likeness (QED) is 0.678. The van der Waals surface area contributed by atoms with Gasteiger partial charge >= 0.3 is 0 Å². The average Bonchev–Trinajstić information content (AvgIpc) is 2.95. The highest BCUT2D eigenvalue weighted by Crippen LogP contribution is 2.15. The second-order valence-corrected chi connectivity index (χ2v) is 4.75. The molecule has 0 aliphatic carbocycles. The number of aromatic nitrogens is 4. The first-order valence-electron chi connectivity index (χ1n) is 6.86. The maximum atomic E-state index is 13.5. The number of rotatable bonds is 3. The van der Waals surface area contributed by atoms with E-state index in [1.165, 1.54) is 4.80 Å². The van der Waals surface area contributed by atoms with Crippen LogP contribution >= 0.6 is 12.4 Å². The molecule has 0 bridgehead atoms. The van der Waals surface area contributed by atoms with Gasteiger partial charge in [0.1, 0.15) is 29.2 Å². The van der Waals surface area contributed by atoms with Crippen LogP contribution in [0.2, 0.25) is 0 Å². The first-order valence-corrected chi connectivity index (χ1v) is 6.86. The van der Waals surface area contributed by atoms with E-state index < -0.39 is 18.3 Å². The summed E-state index contributed by atoms with van der Waals surface area (Å²) in [7, 11) is 0. The van der Waals surface area contributed by atoms with Gasteiger partial charge in [0.25, 0.3) is 0 Å². The smallest absolute Gasteiger partial charge is 0.155 e. The molecule has 0 atom stereocenters. The Bertz CT molecular complexity index is 915. The third kappa shape index (κ3) is 4.03. The molecule has 3 rings (SSSR count). The second-order valence-electron chi connectivity index (χ2n) is 4.75. The van der Waals surface area contributed by atoms with E-state index >= 15 is 0 Å². The van der Waals surface area contributed by atoms with Crippen molar-refractivity contribution in [1.29, 1.82) is 0 Å². The SMILES string of the molecule is Cl.FCc1cccc(C#CCCn2nc3cc(F)cc(F)c3n2)n1. The van der Waals surface area contributed by atoms with Crippen LogP contribution in [0.3, 0.4) is 0 Å². The molecule has 1 aromatic carbocycles. The summed E-state index contributed by atoms with van der Waals surface area (Å²) in [6.45, 7) is -0.313. The highest BCUT2D eigenvalue weighted by Gasteiger charge is 2.09. The summed E-state index contributed by atoms with van der Waals surface area (Å²) in [4.78, 5) is 5.29. The molecular weight excluding hydrogens is 341 g/mol. The van der Waals surface area contributed by atoms with Gasteiger partial charge in [0.15, 0.2) is 5.82 Å². The lowest BCUT2D eigenvalue weighted by Gasteiger charge is -1.94. The zero-order valence-corrected chi connectivity index (χ0v) is 13.2. The van der Waals surface area contributed by atoms with Gasteiger partial charge in [-0.3, -0.25) is 0 Å². The molecule has 0 radical (unpaired) electrons. The van der Waals surface area contributed by atoms with Crippen LogP contribution in [0.15, 0.2) is 30.3 Å². The number of nitrogens with zero attached hydrogens (tertiary/aromatic N) is 4. The van der Waals surface area contributed by atoms with E-state index in [1.54, 1.807) is 18.2 Å². The Balaban J connectivity index is 0.00000208. The first-order chi connectivity index (χ1) is 11.2. The van der Waals surface area contributed by atoms with Crippen LogP contribution in [0.5, 0.6) is 0 Å². The molecule has 0 spiro atoms. The Hall–Kier alpha value is -2.59. The van der Waals surface area contributed by atoms with Crippen molar-refractivity contribution < 1.29 is 13.2 Å². The molecule has 0 aliphatic heterocycles. The monoisotopic (exact) mass is 352 g/mol. The van der Waals surface area contributed by atoms with Gasteiger partial charge in [-0.25, -0.2) is 18.2 Å². The van der Waals surface area contributed by atoms with Crippen LogP contribution in [0.1, 0.15) is 17.8 Å². The van der Waals surface area contributed by atoms with Gasteiger partial charge < -0.3 is 0 Å². The molecule has 0 unspecified atom stereocenters. The van der Waals surface area contributed by atoms with E-state index in [9.17, 15) is 13.2 Å². The van der Waals surface area contributed by atoms with Gasteiger partial charge in [0.05, 0.1) is 12.2 Å². The van der Waals surface area contributed by atoms with E-state index in [4.69, 9.17) is 0 Å². The molecule has 124 valence electrons. The Morgan fingerprint density at radius 2 is 1.96 bits per heavy atom. The Morgan fingerprint density at radius 3 is 2.75 bits per heavy atom. The Morgan fingerprint density at radius 1 is 1.12 bits per heavy atom. The van der Waals surface area contributed by atoms with Crippen molar-refractivity contribution in [1.82, 2.24) is 20.0 Å². The number of aryl methyl sites for hydroxylation is 1. The van der Waals surface area contributed by atoms with Gasteiger partial charge in [-0.15, -0.1) is 12.4 Å². The van der Waals surface area contributed by atoms with Crippen molar-refractivity contribution >= 4 is 23.4 Å². The fourth-order valence-corrected chi connectivity index (χ4v) is 2.02. The number of hydrogen-bond acceptors (Lipinski definition) is 3. The topological polar surface area (TPSA) is 43.6 Å². The number of hydrogen-bond donors (Lipinski definition) is 0. The molecule has 0 aliphatic rings. The van der Waals surface area contributed by atoms with E-state index in [1.807, 2.05) is 0 Å². The maximum absolute atomic E-state index is 13.5. The van der Waals surface area contributed by atoms with E-state index in [0.29, 0.717) is 24.4 Å². The number of halogens is 4. The minimum Gasteiger partial charge on any atom is -0.244 e. The maximum Gasteiger partial charge on any atom is 0.155 e. The molecule has 8 heteroatoms. The normalized spacial score (nSPS) is 10.1. The summed E-state index contributed by atoms with van der Waals surface area (Å²) in [5, 5.41) is 7.96. The summed E-state index contributed by atoms with van der Waals surface area (Å²) in [5.41, 5.74) is 0.991. The fourth-order valence-electron chi connectivity index (χ4n) is 2.02. The van der Waals surface area contributed by atoms with E-state index in [0.717, 1.165) is 12.1 Å². The lowest BCUT2D eigenvalue weighted by Crippen LogP contribution is -2.01. The van der Waals surface area contributed by atoms with Crippen molar-refractivity contribution in [3.05, 3.63) is 53.4 Å². The van der Waals surface area contributed by atoms with Gasteiger partial charge in [0, 0.05) is 18.6 Å². The number of benzene rings is 1. The second kappa shape index (κ2) is 7.79. The summed E-state index contributed by atoms with van der Waals surface area (Å²) >= 11 is 0. The van der Waals surface area contributed by atoms with Crippen molar-refractivity contribution in [2.45, 2.75) is 19.6 Å². The minimum absolute atomic E-state index is 0. The Labute approximate surface area is 142 Å². The van der Waals surface area contributed by atoms with Gasteiger partial charge in [-0.1, -0.05) is 12.0 Å². The van der Waals surface area contributed by atoms with Crippen molar-refractivity contribution in [3.8, 4) is 11.8 Å². The first kappa shape index (κ1) is 17.8. The fraction of sp³-hybridized carbons (Fsp3) is 0.188. The molecule has 0 N–H and O–H groups in total. The van der Waals surface area contributed by atoms with Crippen molar-refractivity contribution in [2.75, 3.05) is 0 Å². The summed E-state index contributed by atoms with van der Waals surface area (Å²) < 4.78 is 39.1. The van der Waals surface area contributed by atoms with E-state index in [-0.39, 0.29) is 23.4 Å². The Kier molecular flexibility index (Phi) is 5.77. The average molecular weight is 353 g/mol. The lowest BCUT2D eigenvalue weighted by atomic mass is 10.3. The molecular formula is C16H12ClF3N4. The standard InChI is InChI=1S/C16H11F3N4.ClH/c17-10-13-6-3-5-12(20-13)4-1-2-7-23-21-15-9-11(18)8-14(19)16(15)22-23;/h3,5-6,8-9H,2,7,10H2;1H. The van der Waals surface area contributed by atoms with Gasteiger partial charge in [-0.2, -0.15) is 15.0 Å². The lowest BCUT2D eigenvalue weighted by molar-refractivity contribution is 0.476. The predicted molar refractivity (Wildman–Crippen MR) is 85.2 cm³/mol. The molecule has 0 saturated carbocycles. The predicted octanol–water partition coefficient (Wildman–Crippen LogP) is 3.44. The van der Waals surface area contributed by atoms with Crippen LogP contribution < -0.4 is 0 Å². The highest BCUT2D eigenvalue weighted by atomic mass is 35.5. The number of alkyl halides is 1. The van der Waals surface area contributed by atoms with E-state index in [2.05, 4.69) is 27.0 Å². The largest absolute Gasteiger partial charge is 0.244 e. The van der Waals surface area contributed by atoms with Crippen molar-refractivity contribution in [2.24, 2.45) is 0 Å². The highest BCUT2D eigenvalue weighted by molar-refractivity contribution is 5.85. The zero-order chi connectivity index (χ0) is 16.2. The third-order valence-electron chi connectivity index (χ3n) is 3.04. The molecule has 0 saturated heterocycles. The minimum atomic E-state index is -0.746. The molecule has 0 fully saturated rings. The number of pyridine rings is 1. The summed E-state index contributed by atoms with van der Waals surface area (Å²) in [6, 6.07) is 6.85. The van der Waals surface area contributed by atoms with Crippen LogP contribution in [-0.4, -0.2) is 20.0 Å². The van der Waals surface area contributed by atoms with Crippen LogP contribution in [0.25, 0.3) is 11.0 Å². The van der Waals surface area contributed by atoms with Crippen LogP contribution in [0, 0.1) is 23.5 Å². The van der Waals surface area contributed by atoms with Gasteiger partial charge in [0.2, 0.25) is 0 Å². The third-order valence-corrected chi connectivity index (χ3v) is 3.04. The molecule has 3 aromatic rings. The molecule has 4 nitrogen and oxygen atoms in total. The van der Waals surface area contributed by atoms with Gasteiger partial charge in [-0.05, 0) is 18.1 Å². The molecule has 2 aromatic heterocycles. The summed E-state index contributed by atoms with van der Waals surface area (Å²) in [6.07, 6.45) is 0.395.